The van der Waals surface area contributed by atoms with Crippen LogP contribution in [0.25, 0.3) is 0 Å². The number of rotatable bonds is 8. The van der Waals surface area contributed by atoms with E-state index >= 15 is 0 Å². The molecule has 6 nitrogen and oxygen atoms in total. The normalized spacial score (nSPS) is 22.3. The maximum absolute atomic E-state index is 13.8. The highest BCUT2D eigenvalue weighted by molar-refractivity contribution is 5.87. The summed E-state index contributed by atoms with van der Waals surface area (Å²) in [5.41, 5.74) is -0.457. The molecule has 1 fully saturated rings. The molecule has 202 valence electrons. The minimum Gasteiger partial charge on any atom is -0.451 e. The van der Waals surface area contributed by atoms with E-state index in [1.807, 2.05) is 0 Å². The lowest BCUT2D eigenvalue weighted by atomic mass is 9.90. The van der Waals surface area contributed by atoms with Crippen LogP contribution in [0.5, 0.6) is 0 Å². The molecule has 0 saturated heterocycles. The number of hydrogen-bond acceptors (Lipinski definition) is 6. The summed E-state index contributed by atoms with van der Waals surface area (Å²) in [7, 11) is 0. The topological polar surface area (TPSA) is 78.9 Å². The van der Waals surface area contributed by atoms with E-state index in [-0.39, 0.29) is 6.42 Å². The van der Waals surface area contributed by atoms with Crippen molar-refractivity contribution in [1.29, 1.82) is 0 Å². The van der Waals surface area contributed by atoms with E-state index in [1.165, 1.54) is 0 Å². The van der Waals surface area contributed by atoms with Gasteiger partial charge in [-0.05, 0) is 26.2 Å². The van der Waals surface area contributed by atoms with Crippen LogP contribution >= 0.6 is 0 Å². The predicted octanol–water partition coefficient (Wildman–Crippen LogP) is 4.95. The Bertz CT molecular complexity index is 862. The summed E-state index contributed by atoms with van der Waals surface area (Å²) in [5.74, 6) is -36.8. The summed E-state index contributed by atoms with van der Waals surface area (Å²) in [6, 6.07) is 0. The molecule has 1 aliphatic carbocycles. The molecule has 0 heterocycles. The van der Waals surface area contributed by atoms with Crippen molar-refractivity contribution in [1.82, 2.24) is 0 Å². The molecule has 0 N–H and O–H groups in total. The van der Waals surface area contributed by atoms with Gasteiger partial charge >= 0.3 is 47.8 Å². The highest BCUT2D eigenvalue weighted by atomic mass is 19.4. The molecule has 0 radical (unpaired) electrons. The monoisotopic (exact) mass is 538 g/mol. The van der Waals surface area contributed by atoms with Gasteiger partial charge in [0.25, 0.3) is 5.79 Å². The third-order valence-electron chi connectivity index (χ3n) is 4.68. The van der Waals surface area contributed by atoms with E-state index < -0.39 is 91.4 Å². The quantitative estimate of drug-likeness (QED) is 0.188. The van der Waals surface area contributed by atoms with E-state index in [0.29, 0.717) is 0 Å². The summed E-state index contributed by atoms with van der Waals surface area (Å²) in [4.78, 5) is 35.4. The van der Waals surface area contributed by atoms with Gasteiger partial charge in [-0.3, -0.25) is 0 Å². The molecule has 1 saturated carbocycles. The number of alkyl halides is 11. The highest BCUT2D eigenvalue weighted by Gasteiger charge is 2.78. The number of carbonyl (C=O) groups is 3. The van der Waals surface area contributed by atoms with Crippen LogP contribution in [0.1, 0.15) is 39.5 Å². The maximum atomic E-state index is 13.8. The Hall–Kier alpha value is -2.62. The molecule has 2 atom stereocenters. The lowest BCUT2D eigenvalue weighted by molar-refractivity contribution is -0.358. The van der Waals surface area contributed by atoms with Crippen molar-refractivity contribution < 1.29 is 76.9 Å². The van der Waals surface area contributed by atoms with E-state index in [0.717, 1.165) is 6.92 Å². The Labute approximate surface area is 189 Å². The first kappa shape index (κ1) is 30.4. The van der Waals surface area contributed by atoms with Crippen LogP contribution in [0, 0.1) is 0 Å². The van der Waals surface area contributed by atoms with Crippen LogP contribution in [0.3, 0.4) is 0 Å². The smallest absolute Gasteiger partial charge is 0.451 e. The summed E-state index contributed by atoms with van der Waals surface area (Å²) < 4.78 is 158. The predicted molar refractivity (Wildman–Crippen MR) is 89.6 cm³/mol. The van der Waals surface area contributed by atoms with Gasteiger partial charge in [0.05, 0.1) is 0 Å². The first-order chi connectivity index (χ1) is 15.4. The molecular weight excluding hydrogens is 521 g/mol. The third kappa shape index (κ3) is 5.79. The standard InChI is InChI=1S/C18H17F11O6/c1-8(2)10(30)33-9-6-4-5-7-14(9,34-11(31)15(21,22)13(3,19)20)35-12(32)16(23,24)17(25,26)18(27,28)29/h9H,1,4-7H2,2-3H3. The van der Waals surface area contributed by atoms with Gasteiger partial charge < -0.3 is 14.2 Å². The van der Waals surface area contributed by atoms with Crippen molar-refractivity contribution in [2.75, 3.05) is 0 Å². The second-order valence-electron chi connectivity index (χ2n) is 7.62. The van der Waals surface area contributed by atoms with Crippen molar-refractivity contribution in [3.05, 3.63) is 12.2 Å². The first-order valence-corrected chi connectivity index (χ1v) is 9.35. The molecule has 1 rings (SSSR count). The van der Waals surface area contributed by atoms with Crippen LogP contribution < -0.4 is 0 Å². The van der Waals surface area contributed by atoms with Crippen LogP contribution in [-0.2, 0) is 28.6 Å². The molecule has 0 aromatic rings. The fourth-order valence-corrected chi connectivity index (χ4v) is 2.64. The number of esters is 3. The molecule has 0 amide bonds. The van der Waals surface area contributed by atoms with Gasteiger partial charge in [0, 0.05) is 18.9 Å². The molecular formula is C18H17F11O6. The number of halogens is 11. The number of ether oxygens (including phenoxy) is 3. The van der Waals surface area contributed by atoms with Crippen molar-refractivity contribution in [2.45, 2.75) is 81.3 Å². The van der Waals surface area contributed by atoms with Gasteiger partial charge in [-0.15, -0.1) is 0 Å². The molecule has 0 aliphatic heterocycles. The average molecular weight is 538 g/mol. The lowest BCUT2D eigenvalue weighted by Gasteiger charge is -2.42. The largest absolute Gasteiger partial charge is 0.460 e. The molecule has 2 unspecified atom stereocenters. The molecule has 0 spiro atoms. The van der Waals surface area contributed by atoms with Gasteiger partial charge in [0.1, 0.15) is 0 Å². The molecule has 0 aromatic heterocycles. The maximum Gasteiger partial charge on any atom is 0.460 e. The van der Waals surface area contributed by atoms with Crippen molar-refractivity contribution in [3.8, 4) is 0 Å². The fraction of sp³-hybridized carbons (Fsp3) is 0.722. The summed E-state index contributed by atoms with van der Waals surface area (Å²) in [6.07, 6.45) is -11.7. The molecule has 17 heteroatoms. The van der Waals surface area contributed by atoms with Crippen LogP contribution in [0.15, 0.2) is 12.2 Å². The van der Waals surface area contributed by atoms with Crippen LogP contribution in [0.4, 0.5) is 48.3 Å². The van der Waals surface area contributed by atoms with E-state index in [2.05, 4.69) is 20.8 Å². The summed E-state index contributed by atoms with van der Waals surface area (Å²) in [5, 5.41) is 0. The van der Waals surface area contributed by atoms with Crippen LogP contribution in [0.2, 0.25) is 0 Å². The van der Waals surface area contributed by atoms with E-state index in [9.17, 15) is 62.7 Å². The first-order valence-electron chi connectivity index (χ1n) is 9.35. The zero-order chi connectivity index (χ0) is 27.8. The van der Waals surface area contributed by atoms with Gasteiger partial charge in [-0.25, -0.2) is 14.4 Å². The Kier molecular flexibility index (Phi) is 8.21. The van der Waals surface area contributed by atoms with E-state index in [4.69, 9.17) is 0 Å². The minimum atomic E-state index is -7.07. The summed E-state index contributed by atoms with van der Waals surface area (Å²) in [6.45, 7) is 3.63. The van der Waals surface area contributed by atoms with E-state index in [1.54, 1.807) is 0 Å². The van der Waals surface area contributed by atoms with Crippen LogP contribution in [-0.4, -0.2) is 59.7 Å². The van der Waals surface area contributed by atoms with Crippen molar-refractivity contribution >= 4 is 17.9 Å². The molecule has 1 aliphatic rings. The van der Waals surface area contributed by atoms with Gasteiger partial charge in [0.2, 0.25) is 0 Å². The molecule has 0 bridgehead atoms. The zero-order valence-electron chi connectivity index (χ0n) is 17.7. The number of hydrogen-bond donors (Lipinski definition) is 0. The zero-order valence-corrected chi connectivity index (χ0v) is 17.7. The number of carbonyl (C=O) groups excluding carboxylic acids is 3. The second-order valence-corrected chi connectivity index (χ2v) is 7.62. The Morgan fingerprint density at radius 3 is 1.69 bits per heavy atom. The SMILES string of the molecule is C=C(C)C(=O)OC1CCCCC1(OC(=O)C(F)(F)C(C)(F)F)OC(=O)C(F)(F)C(F)(F)C(F)(F)F. The van der Waals surface area contributed by atoms with Gasteiger partial charge in [0.15, 0.2) is 6.10 Å². The van der Waals surface area contributed by atoms with Crippen molar-refractivity contribution in [2.24, 2.45) is 0 Å². The highest BCUT2D eigenvalue weighted by Crippen LogP contribution is 2.49. The minimum absolute atomic E-state index is 0.0968. The fourth-order valence-electron chi connectivity index (χ4n) is 2.64. The average Bonchev–Trinajstić information content (AvgIpc) is 2.67. The van der Waals surface area contributed by atoms with Crippen molar-refractivity contribution in [3.63, 3.8) is 0 Å². The molecule has 35 heavy (non-hydrogen) atoms. The van der Waals surface area contributed by atoms with Gasteiger partial charge in [-0.1, -0.05) is 6.58 Å². The molecule has 0 aromatic carbocycles. The Morgan fingerprint density at radius 2 is 1.29 bits per heavy atom. The Balaban J connectivity index is 3.57. The summed E-state index contributed by atoms with van der Waals surface area (Å²) >= 11 is 0. The second kappa shape index (κ2) is 9.44. The lowest BCUT2D eigenvalue weighted by Crippen LogP contribution is -2.62. The van der Waals surface area contributed by atoms with Gasteiger partial charge in [-0.2, -0.15) is 48.3 Å². The third-order valence-corrected chi connectivity index (χ3v) is 4.68. The Morgan fingerprint density at radius 1 is 0.829 bits per heavy atom.